The number of nitrogens with zero attached hydrogens (tertiary/aromatic N) is 1. The van der Waals surface area contributed by atoms with E-state index in [9.17, 15) is 4.79 Å². The third kappa shape index (κ3) is 2.30. The first-order valence-corrected chi connectivity index (χ1v) is 6.79. The molecule has 102 valence electrons. The van der Waals surface area contributed by atoms with Crippen LogP contribution < -0.4 is 11.3 Å². The molecule has 0 unspecified atom stereocenters. The molecule has 0 radical (unpaired) electrons. The van der Waals surface area contributed by atoms with E-state index in [1.807, 2.05) is 20.0 Å². The molecular weight excluding hydrogens is 236 g/mol. The lowest BCUT2D eigenvalue weighted by Gasteiger charge is -2.15. The van der Waals surface area contributed by atoms with Crippen LogP contribution in [0.2, 0.25) is 0 Å². The number of pyridine rings is 1. The van der Waals surface area contributed by atoms with Gasteiger partial charge in [0, 0.05) is 18.0 Å². The van der Waals surface area contributed by atoms with Gasteiger partial charge >= 0.3 is 0 Å². The lowest BCUT2D eigenvalue weighted by atomic mass is 9.96. The maximum absolute atomic E-state index is 12.3. The minimum absolute atomic E-state index is 0.0766. The summed E-state index contributed by atoms with van der Waals surface area (Å²) in [5, 5.41) is 1.16. The molecule has 3 nitrogen and oxygen atoms in total. The fraction of sp³-hybridized carbons (Fsp3) is 0.438. The topological polar surface area (TPSA) is 48.0 Å². The molecule has 0 fully saturated rings. The van der Waals surface area contributed by atoms with Crippen LogP contribution in [0.5, 0.6) is 0 Å². The highest BCUT2D eigenvalue weighted by atomic mass is 16.1. The molecule has 0 amide bonds. The van der Waals surface area contributed by atoms with Crippen LogP contribution in [0.3, 0.4) is 0 Å². The van der Waals surface area contributed by atoms with Crippen LogP contribution in [-0.2, 0) is 13.5 Å². The monoisotopic (exact) mass is 258 g/mol. The van der Waals surface area contributed by atoms with Crippen molar-refractivity contribution in [3.8, 4) is 0 Å². The van der Waals surface area contributed by atoms with Gasteiger partial charge in [0.05, 0.1) is 5.52 Å². The number of hydrogen-bond donors (Lipinski definition) is 1. The van der Waals surface area contributed by atoms with E-state index in [1.165, 1.54) is 5.56 Å². The van der Waals surface area contributed by atoms with Crippen molar-refractivity contribution in [2.24, 2.45) is 12.8 Å². The molecule has 1 heterocycles. The molecular formula is C16H22N2O. The Morgan fingerprint density at radius 3 is 2.58 bits per heavy atom. The van der Waals surface area contributed by atoms with Gasteiger partial charge in [-0.15, -0.1) is 0 Å². The molecule has 1 aromatic heterocycles. The summed E-state index contributed by atoms with van der Waals surface area (Å²) in [5.74, 6) is 0.485. The summed E-state index contributed by atoms with van der Waals surface area (Å²) in [4.78, 5) is 12.3. The van der Waals surface area contributed by atoms with Crippen LogP contribution in [0.15, 0.2) is 23.0 Å². The molecule has 19 heavy (non-hydrogen) atoms. The Morgan fingerprint density at radius 1 is 1.32 bits per heavy atom. The molecule has 0 aliphatic rings. The number of benzene rings is 1. The molecule has 0 saturated carbocycles. The Bertz CT molecular complexity index is 668. The SMILES string of the molecule is Cc1c(CCN)c(=O)n(C)c2ccc(C(C)C)cc12. The second kappa shape index (κ2) is 5.17. The van der Waals surface area contributed by atoms with E-state index in [2.05, 4.69) is 26.0 Å². The maximum atomic E-state index is 12.3. The predicted octanol–water partition coefficient (Wildman–Crippen LogP) is 2.47. The second-order valence-corrected chi connectivity index (χ2v) is 5.44. The van der Waals surface area contributed by atoms with Crippen molar-refractivity contribution in [1.82, 2.24) is 4.57 Å². The first kappa shape index (κ1) is 13.8. The Hall–Kier alpha value is -1.61. The summed E-state index contributed by atoms with van der Waals surface area (Å²) in [7, 11) is 1.83. The van der Waals surface area contributed by atoms with Crippen LogP contribution in [0.25, 0.3) is 10.9 Å². The number of fused-ring (bicyclic) bond motifs is 1. The Balaban J connectivity index is 2.83. The van der Waals surface area contributed by atoms with Crippen LogP contribution in [0.4, 0.5) is 0 Å². The van der Waals surface area contributed by atoms with Crippen molar-refractivity contribution in [3.63, 3.8) is 0 Å². The summed E-state index contributed by atoms with van der Waals surface area (Å²) >= 11 is 0. The van der Waals surface area contributed by atoms with Gasteiger partial charge in [-0.3, -0.25) is 4.79 Å². The Morgan fingerprint density at radius 2 is 2.00 bits per heavy atom. The van der Waals surface area contributed by atoms with Crippen molar-refractivity contribution in [1.29, 1.82) is 0 Å². The van der Waals surface area contributed by atoms with E-state index in [1.54, 1.807) is 4.57 Å². The molecule has 0 atom stereocenters. The first-order chi connectivity index (χ1) is 8.97. The van der Waals surface area contributed by atoms with E-state index in [4.69, 9.17) is 5.73 Å². The Labute approximate surface area is 114 Å². The average Bonchev–Trinajstić information content (AvgIpc) is 2.40. The van der Waals surface area contributed by atoms with Gasteiger partial charge in [-0.25, -0.2) is 0 Å². The summed E-state index contributed by atoms with van der Waals surface area (Å²) in [6, 6.07) is 6.36. The van der Waals surface area contributed by atoms with E-state index in [0.29, 0.717) is 18.9 Å². The summed E-state index contributed by atoms with van der Waals surface area (Å²) in [5.41, 5.74) is 9.91. The number of aryl methyl sites for hydroxylation is 2. The molecule has 3 heteroatoms. The van der Waals surface area contributed by atoms with Gasteiger partial charge in [0.25, 0.3) is 5.56 Å². The van der Waals surface area contributed by atoms with Gasteiger partial charge < -0.3 is 10.3 Å². The highest BCUT2D eigenvalue weighted by Crippen LogP contribution is 2.24. The number of nitrogens with two attached hydrogens (primary N) is 1. The van der Waals surface area contributed by atoms with E-state index in [0.717, 1.165) is 22.0 Å². The molecule has 0 bridgehead atoms. The predicted molar refractivity (Wildman–Crippen MR) is 80.8 cm³/mol. The van der Waals surface area contributed by atoms with Crippen LogP contribution in [-0.4, -0.2) is 11.1 Å². The van der Waals surface area contributed by atoms with Gasteiger partial charge in [0.2, 0.25) is 0 Å². The lowest BCUT2D eigenvalue weighted by Crippen LogP contribution is -2.25. The zero-order chi connectivity index (χ0) is 14.2. The molecule has 0 aliphatic heterocycles. The molecule has 2 rings (SSSR count). The van der Waals surface area contributed by atoms with Crippen LogP contribution in [0.1, 0.15) is 36.5 Å². The molecule has 0 aliphatic carbocycles. The quantitative estimate of drug-likeness (QED) is 0.919. The molecule has 2 aromatic rings. The largest absolute Gasteiger partial charge is 0.330 e. The standard InChI is InChI=1S/C16H22N2O/c1-10(2)12-5-6-15-14(9-12)11(3)13(7-8-17)16(19)18(15)4/h5-6,9-10H,7-8,17H2,1-4H3. The van der Waals surface area contributed by atoms with Crippen molar-refractivity contribution in [2.75, 3.05) is 6.54 Å². The maximum Gasteiger partial charge on any atom is 0.254 e. The molecule has 1 aromatic carbocycles. The normalized spacial score (nSPS) is 11.5. The highest BCUT2D eigenvalue weighted by molar-refractivity contribution is 5.84. The molecule has 0 saturated heterocycles. The van der Waals surface area contributed by atoms with E-state index in [-0.39, 0.29) is 5.56 Å². The van der Waals surface area contributed by atoms with Gasteiger partial charge in [0.15, 0.2) is 0 Å². The molecule has 0 spiro atoms. The van der Waals surface area contributed by atoms with Gasteiger partial charge in [0.1, 0.15) is 0 Å². The van der Waals surface area contributed by atoms with Gasteiger partial charge in [-0.2, -0.15) is 0 Å². The van der Waals surface area contributed by atoms with Gasteiger partial charge in [-0.05, 0) is 49.1 Å². The third-order valence-corrected chi connectivity index (χ3v) is 3.86. The van der Waals surface area contributed by atoms with Crippen molar-refractivity contribution < 1.29 is 0 Å². The second-order valence-electron chi connectivity index (χ2n) is 5.44. The van der Waals surface area contributed by atoms with E-state index >= 15 is 0 Å². The van der Waals surface area contributed by atoms with Crippen molar-refractivity contribution in [2.45, 2.75) is 33.1 Å². The fourth-order valence-electron chi connectivity index (χ4n) is 2.58. The van der Waals surface area contributed by atoms with Crippen molar-refractivity contribution in [3.05, 3.63) is 45.2 Å². The summed E-state index contributed by atoms with van der Waals surface area (Å²) < 4.78 is 1.73. The smallest absolute Gasteiger partial charge is 0.254 e. The van der Waals surface area contributed by atoms with Crippen molar-refractivity contribution >= 4 is 10.9 Å². The molecule has 2 N–H and O–H groups in total. The summed E-state index contributed by atoms with van der Waals surface area (Å²) in [6.07, 6.45) is 0.639. The van der Waals surface area contributed by atoms with Gasteiger partial charge in [-0.1, -0.05) is 19.9 Å². The lowest BCUT2D eigenvalue weighted by molar-refractivity contribution is 0.843. The summed E-state index contributed by atoms with van der Waals surface area (Å²) in [6.45, 7) is 6.89. The van der Waals surface area contributed by atoms with Crippen LogP contribution in [0, 0.1) is 6.92 Å². The highest BCUT2D eigenvalue weighted by Gasteiger charge is 2.12. The third-order valence-electron chi connectivity index (χ3n) is 3.86. The zero-order valence-corrected chi connectivity index (χ0v) is 12.2. The number of aromatic nitrogens is 1. The average molecular weight is 258 g/mol. The minimum Gasteiger partial charge on any atom is -0.330 e. The van der Waals surface area contributed by atoms with E-state index < -0.39 is 0 Å². The van der Waals surface area contributed by atoms with Crippen LogP contribution >= 0.6 is 0 Å². The fourth-order valence-corrected chi connectivity index (χ4v) is 2.58. The zero-order valence-electron chi connectivity index (χ0n) is 12.2. The minimum atomic E-state index is 0.0766. The first-order valence-electron chi connectivity index (χ1n) is 6.79. The number of rotatable bonds is 3. The Kier molecular flexibility index (Phi) is 3.76. The number of hydrogen-bond acceptors (Lipinski definition) is 2.